The highest BCUT2D eigenvalue weighted by molar-refractivity contribution is 5.52. The Balaban J connectivity index is 1.60. The molecule has 0 saturated carbocycles. The highest BCUT2D eigenvalue weighted by Gasteiger charge is 2.50. The van der Waals surface area contributed by atoms with E-state index < -0.39 is 0 Å². The monoisotopic (exact) mass is 330 g/mol. The van der Waals surface area contributed by atoms with Crippen molar-refractivity contribution < 1.29 is 14.2 Å². The number of aromatic nitrogens is 1. The van der Waals surface area contributed by atoms with E-state index in [1.54, 1.807) is 6.20 Å². The molecule has 3 saturated heterocycles. The van der Waals surface area contributed by atoms with Crippen molar-refractivity contribution in [2.24, 2.45) is 0 Å². The van der Waals surface area contributed by atoms with E-state index in [4.69, 9.17) is 14.2 Å². The zero-order valence-electron chi connectivity index (χ0n) is 13.8. The van der Waals surface area contributed by atoms with E-state index in [-0.39, 0.29) is 23.3 Å². The molecule has 6 heteroatoms. The Morgan fingerprint density at radius 1 is 1.38 bits per heavy atom. The maximum atomic E-state index is 12.4. The average molecular weight is 330 g/mol. The smallest absolute Gasteiger partial charge is 0.271 e. The minimum Gasteiger partial charge on any atom is -0.375 e. The molecule has 0 amide bonds. The van der Waals surface area contributed by atoms with Gasteiger partial charge < -0.3 is 24.1 Å². The topological polar surface area (TPSA) is 63.8 Å². The fourth-order valence-electron chi connectivity index (χ4n) is 3.51. The Morgan fingerprint density at radius 3 is 2.96 bits per heavy atom. The van der Waals surface area contributed by atoms with Gasteiger partial charge >= 0.3 is 0 Å². The third-order valence-electron chi connectivity index (χ3n) is 5.14. The van der Waals surface area contributed by atoms with Crippen molar-refractivity contribution in [3.8, 4) is 11.8 Å². The number of aromatic amines is 1. The molecule has 4 heterocycles. The predicted octanol–water partition coefficient (Wildman–Crippen LogP) is 0.899. The molecule has 3 fully saturated rings. The van der Waals surface area contributed by atoms with Crippen molar-refractivity contribution in [3.05, 3.63) is 28.2 Å². The molecule has 128 valence electrons. The van der Waals surface area contributed by atoms with E-state index in [9.17, 15) is 4.79 Å². The molecular formula is C18H22N2O4. The predicted molar refractivity (Wildman–Crippen MR) is 89.2 cm³/mol. The summed E-state index contributed by atoms with van der Waals surface area (Å²) < 4.78 is 16.8. The van der Waals surface area contributed by atoms with Crippen LogP contribution in [0.25, 0.3) is 0 Å². The average Bonchev–Trinajstić information content (AvgIpc) is 3.07. The maximum Gasteiger partial charge on any atom is 0.271 e. The molecule has 0 bridgehead atoms. The first-order valence-electron chi connectivity index (χ1n) is 8.52. The van der Waals surface area contributed by atoms with Gasteiger partial charge in [-0.05, 0) is 25.8 Å². The van der Waals surface area contributed by atoms with E-state index >= 15 is 0 Å². The lowest BCUT2D eigenvalue weighted by Crippen LogP contribution is -2.68. The third-order valence-corrected chi connectivity index (χ3v) is 5.14. The number of morpholine rings is 1. The second-order valence-corrected chi connectivity index (χ2v) is 6.65. The number of nitrogens with zero attached hydrogens (tertiary/aromatic N) is 1. The fourth-order valence-corrected chi connectivity index (χ4v) is 3.51. The minimum atomic E-state index is -0.288. The lowest BCUT2D eigenvalue weighted by Gasteiger charge is -2.53. The van der Waals surface area contributed by atoms with E-state index in [0.29, 0.717) is 32.1 Å². The number of H-pyrrole nitrogens is 1. The lowest BCUT2D eigenvalue weighted by atomic mass is 9.90. The Labute approximate surface area is 141 Å². The largest absolute Gasteiger partial charge is 0.375 e. The first-order chi connectivity index (χ1) is 11.7. The zero-order chi connectivity index (χ0) is 16.6. The second-order valence-electron chi connectivity index (χ2n) is 6.65. The van der Waals surface area contributed by atoms with Crippen LogP contribution in [0.4, 0.5) is 5.69 Å². The molecule has 0 aromatic carbocycles. The Hall–Kier alpha value is -1.81. The molecule has 3 aliphatic heterocycles. The van der Waals surface area contributed by atoms with Crippen molar-refractivity contribution >= 4 is 5.69 Å². The summed E-state index contributed by atoms with van der Waals surface area (Å²) in [5, 5.41) is 0. The first-order valence-corrected chi connectivity index (χ1v) is 8.52. The van der Waals surface area contributed by atoms with Gasteiger partial charge in [0.15, 0.2) is 0 Å². The normalized spacial score (nSPS) is 28.3. The molecule has 24 heavy (non-hydrogen) atoms. The van der Waals surface area contributed by atoms with Gasteiger partial charge in [-0.3, -0.25) is 4.79 Å². The highest BCUT2D eigenvalue weighted by atomic mass is 16.6. The summed E-state index contributed by atoms with van der Waals surface area (Å²) in [4.78, 5) is 17.3. The zero-order valence-corrected chi connectivity index (χ0v) is 13.8. The Bertz CT molecular complexity index is 723. The van der Waals surface area contributed by atoms with E-state index in [0.717, 1.165) is 25.0 Å². The molecule has 4 rings (SSSR count). The lowest BCUT2D eigenvalue weighted by molar-refractivity contribution is -0.228. The van der Waals surface area contributed by atoms with Crippen molar-refractivity contribution in [2.45, 2.75) is 37.5 Å². The molecule has 2 atom stereocenters. The first kappa shape index (κ1) is 15.7. The molecule has 1 spiro atoms. The summed E-state index contributed by atoms with van der Waals surface area (Å²) in [5.74, 6) is 6.27. The van der Waals surface area contributed by atoms with Gasteiger partial charge in [0.25, 0.3) is 5.56 Å². The number of ether oxygens (including phenoxy) is 3. The molecule has 2 unspecified atom stereocenters. The molecule has 1 aromatic rings. The molecule has 0 radical (unpaired) electrons. The summed E-state index contributed by atoms with van der Waals surface area (Å²) in [5.41, 5.74) is 1.07. The van der Waals surface area contributed by atoms with Crippen molar-refractivity contribution in [1.29, 1.82) is 0 Å². The number of rotatable bonds is 1. The third kappa shape index (κ3) is 2.73. The highest BCUT2D eigenvalue weighted by Crippen LogP contribution is 2.34. The summed E-state index contributed by atoms with van der Waals surface area (Å²) >= 11 is 0. The minimum absolute atomic E-state index is 0.0121. The van der Waals surface area contributed by atoms with E-state index in [1.807, 2.05) is 6.07 Å². The second kappa shape index (κ2) is 6.25. The van der Waals surface area contributed by atoms with Crippen molar-refractivity contribution in [3.63, 3.8) is 0 Å². The summed E-state index contributed by atoms with van der Waals surface area (Å²) in [6.45, 7) is 5.33. The Morgan fingerprint density at radius 2 is 2.25 bits per heavy atom. The molecule has 1 N–H and O–H groups in total. The Kier molecular flexibility index (Phi) is 4.09. The van der Waals surface area contributed by atoms with Crippen LogP contribution in [0.3, 0.4) is 0 Å². The van der Waals surface area contributed by atoms with Gasteiger partial charge in [0.1, 0.15) is 17.4 Å². The van der Waals surface area contributed by atoms with Crippen LogP contribution in [0.1, 0.15) is 25.3 Å². The van der Waals surface area contributed by atoms with Crippen LogP contribution in [0.15, 0.2) is 17.1 Å². The van der Waals surface area contributed by atoms with Crippen LogP contribution in [-0.4, -0.2) is 55.7 Å². The van der Waals surface area contributed by atoms with Crippen LogP contribution in [0, 0.1) is 11.8 Å². The molecule has 1 aromatic heterocycles. The quantitative estimate of drug-likeness (QED) is 0.775. The summed E-state index contributed by atoms with van der Waals surface area (Å²) in [6, 6.07) is 1.96. The summed E-state index contributed by atoms with van der Waals surface area (Å²) in [6.07, 6.45) is 3.72. The van der Waals surface area contributed by atoms with Crippen LogP contribution >= 0.6 is 0 Å². The molecule has 0 aliphatic carbocycles. The SMILES string of the molecule is CC1N(c2cc(C#CC3CCCO3)c[nH]c2=O)CCOC12COC2. The van der Waals surface area contributed by atoms with Crippen molar-refractivity contribution in [2.75, 3.05) is 37.9 Å². The summed E-state index contributed by atoms with van der Waals surface area (Å²) in [7, 11) is 0. The number of nitrogens with one attached hydrogen (secondary N) is 1. The number of pyridine rings is 1. The van der Waals surface area contributed by atoms with Crippen LogP contribution in [0.5, 0.6) is 0 Å². The van der Waals surface area contributed by atoms with Crippen molar-refractivity contribution in [1.82, 2.24) is 4.98 Å². The fraction of sp³-hybridized carbons (Fsp3) is 0.611. The van der Waals surface area contributed by atoms with Crippen LogP contribution < -0.4 is 10.5 Å². The van der Waals surface area contributed by atoms with Gasteiger partial charge in [-0.2, -0.15) is 0 Å². The van der Waals surface area contributed by atoms with Gasteiger partial charge in [0, 0.05) is 24.9 Å². The number of hydrogen-bond acceptors (Lipinski definition) is 5. The van der Waals surface area contributed by atoms with E-state index in [2.05, 4.69) is 28.6 Å². The van der Waals surface area contributed by atoms with E-state index in [1.165, 1.54) is 0 Å². The number of anilines is 1. The van der Waals surface area contributed by atoms with Gasteiger partial charge in [0.05, 0.1) is 25.9 Å². The molecule has 6 nitrogen and oxygen atoms in total. The molecule has 3 aliphatic rings. The van der Waals surface area contributed by atoms with Gasteiger partial charge in [-0.15, -0.1) is 0 Å². The van der Waals surface area contributed by atoms with Gasteiger partial charge in [0.2, 0.25) is 0 Å². The van der Waals surface area contributed by atoms with Gasteiger partial charge in [-0.1, -0.05) is 11.8 Å². The van der Waals surface area contributed by atoms with Crippen LogP contribution in [-0.2, 0) is 14.2 Å². The number of hydrogen-bond donors (Lipinski definition) is 1. The standard InChI is InChI=1S/C18H22N2O4/c1-13-18(11-22-12-18)24-8-6-20(13)16-9-14(10-19-17(16)21)4-5-15-3-2-7-23-15/h9-10,13,15H,2-3,6-8,11-12H2,1H3,(H,19,21). The maximum absolute atomic E-state index is 12.4. The van der Waals surface area contributed by atoms with Gasteiger partial charge in [-0.25, -0.2) is 0 Å². The van der Waals surface area contributed by atoms with Crippen LogP contribution in [0.2, 0.25) is 0 Å². The molecular weight excluding hydrogens is 308 g/mol.